The summed E-state index contributed by atoms with van der Waals surface area (Å²) in [4.78, 5) is 8.98. The van der Waals surface area contributed by atoms with Gasteiger partial charge in [-0.25, -0.2) is 0 Å². The van der Waals surface area contributed by atoms with Gasteiger partial charge in [0.15, 0.2) is 0 Å². The van der Waals surface area contributed by atoms with Gasteiger partial charge < -0.3 is 48.0 Å². The third kappa shape index (κ3) is 11.6. The highest BCUT2D eigenvalue weighted by Gasteiger charge is 2.20. The number of hydrogen-bond donors (Lipinski definition) is 0. The fraction of sp³-hybridized carbons (Fsp3) is 0.0833. The van der Waals surface area contributed by atoms with Crippen molar-refractivity contribution in [1.29, 1.82) is 0 Å². The van der Waals surface area contributed by atoms with Gasteiger partial charge in [-0.05, 0) is 241 Å². The number of rotatable bonds is 20. The molecule has 0 bridgehead atoms. The van der Waals surface area contributed by atoms with E-state index in [4.69, 9.17) is 28.4 Å². The molecule has 11 aromatic rings. The van der Waals surface area contributed by atoms with Crippen molar-refractivity contribution in [1.82, 2.24) is 0 Å². The van der Waals surface area contributed by atoms with Gasteiger partial charge in [-0.2, -0.15) is 0 Å². The van der Waals surface area contributed by atoms with E-state index in [0.717, 1.165) is 125 Å². The van der Waals surface area contributed by atoms with Gasteiger partial charge in [0.05, 0.1) is 42.7 Å². The van der Waals surface area contributed by atoms with Crippen LogP contribution in [0.5, 0.6) is 34.5 Å². The van der Waals surface area contributed by atoms with Crippen molar-refractivity contribution in [3.05, 3.63) is 267 Å². The largest absolute Gasteiger partial charge is 0.497 e. The molecule has 0 fully saturated rings. The molecule has 0 atom stereocenters. The van der Waals surface area contributed by atoms with Crippen LogP contribution in [0.4, 0.5) is 68.2 Å². The molecule has 0 radical (unpaired) electrons. The Balaban J connectivity index is 0.875. The Bertz CT molecular complexity index is 3450. The summed E-state index contributed by atoms with van der Waals surface area (Å²) in [6.45, 7) is 0. The lowest BCUT2D eigenvalue weighted by Gasteiger charge is -2.29. The molecule has 0 heterocycles. The summed E-state index contributed by atoms with van der Waals surface area (Å²) >= 11 is 0. The molecule has 0 N–H and O–H groups in total. The molecule has 0 saturated heterocycles. The van der Waals surface area contributed by atoms with Crippen LogP contribution in [0.3, 0.4) is 0 Å². The van der Waals surface area contributed by atoms with Gasteiger partial charge in [0, 0.05) is 68.2 Å². The van der Waals surface area contributed by atoms with E-state index in [-0.39, 0.29) is 0 Å². The Kier molecular flexibility index (Phi) is 16.0. The Morgan fingerprint density at radius 2 is 0.244 bits per heavy atom. The third-order valence-electron chi connectivity index (χ3n) is 14.5. The first-order valence-corrected chi connectivity index (χ1v) is 26.9. The SMILES string of the molecule is COc1ccc(N(c2ccc(OC)cc2)c2ccc(-c3ccc(N(c4ccc(OC)cc4)c4ccc(N(c5ccc(OC)cc5)c5ccc(-c6ccc(N(c7ccc(OC)cc7)c7ccc(OC)cc7)cc6)cc5)cc4)cc3)cc2)cc1. The quantitative estimate of drug-likeness (QED) is 0.0737. The summed E-state index contributed by atoms with van der Waals surface area (Å²) in [6, 6.07) is 92.2. The zero-order valence-corrected chi connectivity index (χ0v) is 46.6. The maximum Gasteiger partial charge on any atom is 0.119 e. The van der Waals surface area contributed by atoms with E-state index < -0.39 is 0 Å². The first kappa shape index (κ1) is 53.4. The van der Waals surface area contributed by atoms with Crippen LogP contribution in [0.1, 0.15) is 0 Å². The third-order valence-corrected chi connectivity index (χ3v) is 14.5. The monoisotopic (exact) mass is 1080 g/mol. The maximum absolute atomic E-state index is 5.59. The van der Waals surface area contributed by atoms with Gasteiger partial charge >= 0.3 is 0 Å². The highest BCUT2D eigenvalue weighted by Crippen LogP contribution is 2.43. The average molecular weight is 1080 g/mol. The highest BCUT2D eigenvalue weighted by molar-refractivity contribution is 5.85. The minimum absolute atomic E-state index is 0.787. The normalized spacial score (nSPS) is 10.8. The Labute approximate surface area is 480 Å². The predicted molar refractivity (Wildman–Crippen MR) is 335 cm³/mol. The average Bonchev–Trinajstić information content (AvgIpc) is 3.56. The molecule has 0 aromatic heterocycles. The van der Waals surface area contributed by atoms with Crippen molar-refractivity contribution in [3.63, 3.8) is 0 Å². The zero-order valence-electron chi connectivity index (χ0n) is 46.6. The van der Waals surface area contributed by atoms with E-state index in [1.54, 1.807) is 42.7 Å². The van der Waals surface area contributed by atoms with Gasteiger partial charge in [0.2, 0.25) is 0 Å². The van der Waals surface area contributed by atoms with E-state index in [2.05, 4.69) is 214 Å². The van der Waals surface area contributed by atoms with Crippen LogP contribution in [0.25, 0.3) is 22.3 Å². The van der Waals surface area contributed by atoms with Crippen LogP contribution in [0.15, 0.2) is 267 Å². The number of methoxy groups -OCH3 is 6. The van der Waals surface area contributed by atoms with Crippen LogP contribution < -0.4 is 48.0 Å². The molecule has 11 aromatic carbocycles. The number of nitrogens with zero attached hydrogens (tertiary/aromatic N) is 4. The Morgan fingerprint density at radius 1 is 0.146 bits per heavy atom. The topological polar surface area (TPSA) is 68.3 Å². The number of anilines is 12. The second-order valence-corrected chi connectivity index (χ2v) is 19.2. The summed E-state index contributed by atoms with van der Waals surface area (Å²) in [5, 5.41) is 0. The van der Waals surface area contributed by atoms with Crippen molar-refractivity contribution >= 4 is 68.2 Å². The molecular formula is C72H62N4O6. The molecule has 11 rings (SSSR count). The van der Waals surface area contributed by atoms with Crippen LogP contribution in [-0.4, -0.2) is 42.7 Å². The Hall–Kier alpha value is -10.6. The summed E-state index contributed by atoms with van der Waals surface area (Å²) in [6.07, 6.45) is 0. The first-order chi connectivity index (χ1) is 40.3. The molecule has 0 spiro atoms. The van der Waals surface area contributed by atoms with E-state index in [1.807, 2.05) is 72.8 Å². The van der Waals surface area contributed by atoms with Gasteiger partial charge in [0.1, 0.15) is 34.5 Å². The standard InChI is InChI=1S/C72H62N4O6/c1-77-67-39-27-61(28-40-67)73(55-15-7-51(8-16-55)53-11-19-57(20-12-53)75(63-31-43-69(79-3)44-32-63)64-33-45-70(80-4)46-34-64)59-23-25-60(26-24-59)74(62-29-41-68(78-2)42-30-62)56-17-9-52(10-18-56)54-13-21-58(22-14-54)76(65-35-47-71(81-5)48-36-65)66-37-49-72(82-6)50-38-66/h7-50H,1-6H3. The number of hydrogen-bond acceptors (Lipinski definition) is 10. The molecule has 10 heteroatoms. The van der Waals surface area contributed by atoms with E-state index in [1.165, 1.54) is 0 Å². The van der Waals surface area contributed by atoms with Crippen molar-refractivity contribution < 1.29 is 28.4 Å². The van der Waals surface area contributed by atoms with Crippen LogP contribution >= 0.6 is 0 Å². The number of ether oxygens (including phenoxy) is 6. The second kappa shape index (κ2) is 24.6. The Morgan fingerprint density at radius 3 is 0.354 bits per heavy atom. The fourth-order valence-corrected chi connectivity index (χ4v) is 10.1. The van der Waals surface area contributed by atoms with E-state index in [0.29, 0.717) is 0 Å². The number of benzene rings is 11. The van der Waals surface area contributed by atoms with Gasteiger partial charge in [-0.3, -0.25) is 0 Å². The zero-order chi connectivity index (χ0) is 56.4. The molecule has 0 aliphatic heterocycles. The first-order valence-electron chi connectivity index (χ1n) is 26.9. The van der Waals surface area contributed by atoms with Gasteiger partial charge in [-0.1, -0.05) is 48.5 Å². The lowest BCUT2D eigenvalue weighted by molar-refractivity contribution is 0.414. The van der Waals surface area contributed by atoms with E-state index in [9.17, 15) is 0 Å². The summed E-state index contributed by atoms with van der Waals surface area (Å²) in [7, 11) is 10.1. The van der Waals surface area contributed by atoms with E-state index >= 15 is 0 Å². The lowest BCUT2D eigenvalue weighted by atomic mass is 10.0. The van der Waals surface area contributed by atoms with Crippen LogP contribution in [0.2, 0.25) is 0 Å². The van der Waals surface area contributed by atoms with Crippen molar-refractivity contribution in [2.75, 3.05) is 62.3 Å². The minimum Gasteiger partial charge on any atom is -0.497 e. The molecule has 0 amide bonds. The summed E-state index contributed by atoms with van der Waals surface area (Å²) < 4.78 is 33.1. The molecule has 0 saturated carbocycles. The molecule has 0 aliphatic rings. The summed E-state index contributed by atoms with van der Waals surface area (Å²) in [5.74, 6) is 4.78. The highest BCUT2D eigenvalue weighted by atomic mass is 16.5. The molecule has 10 nitrogen and oxygen atoms in total. The predicted octanol–water partition coefficient (Wildman–Crippen LogP) is 19.0. The smallest absolute Gasteiger partial charge is 0.119 e. The van der Waals surface area contributed by atoms with Crippen molar-refractivity contribution in [2.24, 2.45) is 0 Å². The molecule has 406 valence electrons. The van der Waals surface area contributed by atoms with Crippen LogP contribution in [0, 0.1) is 0 Å². The van der Waals surface area contributed by atoms with Gasteiger partial charge in [0.25, 0.3) is 0 Å². The molecular weight excluding hydrogens is 1020 g/mol. The van der Waals surface area contributed by atoms with Gasteiger partial charge in [-0.15, -0.1) is 0 Å². The van der Waals surface area contributed by atoms with Crippen LogP contribution in [-0.2, 0) is 0 Å². The minimum atomic E-state index is 0.787. The maximum atomic E-state index is 5.59. The van der Waals surface area contributed by atoms with Crippen molar-refractivity contribution in [2.45, 2.75) is 0 Å². The molecule has 0 unspecified atom stereocenters. The lowest BCUT2D eigenvalue weighted by Crippen LogP contribution is -2.12. The second-order valence-electron chi connectivity index (χ2n) is 19.2. The molecule has 0 aliphatic carbocycles. The molecule has 82 heavy (non-hydrogen) atoms. The van der Waals surface area contributed by atoms with Crippen molar-refractivity contribution in [3.8, 4) is 56.8 Å². The fourth-order valence-electron chi connectivity index (χ4n) is 10.1. The summed E-state index contributed by atoms with van der Waals surface area (Å²) in [5.41, 5.74) is 16.5.